The molecule has 4 aromatic rings. The highest BCUT2D eigenvalue weighted by Crippen LogP contribution is 2.29. The maximum Gasteiger partial charge on any atom is 0.322 e. The van der Waals surface area contributed by atoms with E-state index < -0.39 is 4.92 Å². The lowest BCUT2D eigenvalue weighted by molar-refractivity contribution is -0.384. The SMILES string of the molecule is CCOc1ccccc1NC(=O)N1CCN(Cc2c(-c3ccc([N+](=O)[O-])cc3)nc3sccn23)CC1. The quantitative estimate of drug-likeness (QED) is 0.287. The monoisotopic (exact) mass is 506 g/mol. The van der Waals surface area contributed by atoms with Gasteiger partial charge < -0.3 is 15.0 Å². The summed E-state index contributed by atoms with van der Waals surface area (Å²) in [4.78, 5) is 33.3. The summed E-state index contributed by atoms with van der Waals surface area (Å²) in [5, 5.41) is 16.0. The number of piperazine rings is 1. The number of nitro benzene ring substituents is 1. The Morgan fingerprint density at radius 2 is 1.89 bits per heavy atom. The number of nitrogens with one attached hydrogen (secondary N) is 1. The van der Waals surface area contributed by atoms with Gasteiger partial charge in [-0.15, -0.1) is 11.3 Å². The van der Waals surface area contributed by atoms with E-state index in [4.69, 9.17) is 9.72 Å². The minimum atomic E-state index is -0.401. The Bertz CT molecular complexity index is 1370. The number of amides is 2. The molecule has 36 heavy (non-hydrogen) atoms. The Morgan fingerprint density at radius 3 is 2.61 bits per heavy atom. The van der Waals surface area contributed by atoms with Crippen LogP contribution in [0.2, 0.25) is 0 Å². The molecule has 0 aliphatic carbocycles. The van der Waals surface area contributed by atoms with Gasteiger partial charge in [0.2, 0.25) is 0 Å². The first kappa shape index (κ1) is 23.8. The molecule has 0 atom stereocenters. The average Bonchev–Trinajstić information content (AvgIpc) is 3.48. The van der Waals surface area contributed by atoms with Gasteiger partial charge in [-0.25, -0.2) is 9.78 Å². The van der Waals surface area contributed by atoms with Crippen LogP contribution in [0.1, 0.15) is 12.6 Å². The van der Waals surface area contributed by atoms with Crippen LogP contribution in [-0.4, -0.2) is 62.9 Å². The second-order valence-electron chi connectivity index (χ2n) is 8.39. The number of non-ortho nitro benzene ring substituents is 1. The van der Waals surface area contributed by atoms with Crippen LogP contribution in [0.4, 0.5) is 16.2 Å². The Labute approximate surface area is 211 Å². The summed E-state index contributed by atoms with van der Waals surface area (Å²) in [7, 11) is 0. The number of thiazole rings is 1. The molecular formula is C25H26N6O4S. The average molecular weight is 507 g/mol. The zero-order chi connectivity index (χ0) is 25.1. The molecule has 11 heteroatoms. The summed E-state index contributed by atoms with van der Waals surface area (Å²) >= 11 is 1.55. The van der Waals surface area contributed by atoms with E-state index in [9.17, 15) is 14.9 Å². The summed E-state index contributed by atoms with van der Waals surface area (Å²) in [6.45, 7) is 5.74. The highest BCUT2D eigenvalue weighted by Gasteiger charge is 2.24. The van der Waals surface area contributed by atoms with Crippen molar-refractivity contribution in [3.05, 3.63) is 75.9 Å². The van der Waals surface area contributed by atoms with E-state index in [1.807, 2.05) is 47.7 Å². The molecule has 3 heterocycles. The predicted molar refractivity (Wildman–Crippen MR) is 139 cm³/mol. The summed E-state index contributed by atoms with van der Waals surface area (Å²) in [5.74, 6) is 0.659. The molecule has 5 rings (SSSR count). The van der Waals surface area contributed by atoms with Gasteiger partial charge in [-0.1, -0.05) is 12.1 Å². The fraction of sp³-hybridized carbons (Fsp3) is 0.280. The van der Waals surface area contributed by atoms with Crippen molar-refractivity contribution in [1.82, 2.24) is 19.2 Å². The van der Waals surface area contributed by atoms with Crippen LogP contribution in [0.25, 0.3) is 16.2 Å². The third-order valence-corrected chi connectivity index (χ3v) is 6.93. The van der Waals surface area contributed by atoms with Gasteiger partial charge in [-0.2, -0.15) is 0 Å². The summed E-state index contributed by atoms with van der Waals surface area (Å²) in [6.07, 6.45) is 2.00. The van der Waals surface area contributed by atoms with Crippen LogP contribution < -0.4 is 10.1 Å². The van der Waals surface area contributed by atoms with E-state index in [1.165, 1.54) is 12.1 Å². The first-order valence-corrected chi connectivity index (χ1v) is 12.6. The Balaban J connectivity index is 1.26. The van der Waals surface area contributed by atoms with Gasteiger partial charge >= 0.3 is 6.03 Å². The van der Waals surface area contributed by atoms with Crippen molar-refractivity contribution < 1.29 is 14.5 Å². The Morgan fingerprint density at radius 1 is 1.14 bits per heavy atom. The molecule has 0 radical (unpaired) electrons. The van der Waals surface area contributed by atoms with Crippen molar-refractivity contribution in [3.63, 3.8) is 0 Å². The van der Waals surface area contributed by atoms with Crippen molar-refractivity contribution in [2.45, 2.75) is 13.5 Å². The molecule has 2 aromatic carbocycles. The largest absolute Gasteiger partial charge is 0.492 e. The van der Waals surface area contributed by atoms with Gasteiger partial charge in [0.1, 0.15) is 5.75 Å². The molecule has 1 aliphatic heterocycles. The number of nitrogens with zero attached hydrogens (tertiary/aromatic N) is 5. The fourth-order valence-corrected chi connectivity index (χ4v) is 5.06. The number of carbonyl (C=O) groups excluding carboxylic acids is 1. The minimum Gasteiger partial charge on any atom is -0.492 e. The maximum absolute atomic E-state index is 12.9. The van der Waals surface area contributed by atoms with Crippen LogP contribution in [0.3, 0.4) is 0 Å². The van der Waals surface area contributed by atoms with E-state index in [0.717, 1.165) is 35.0 Å². The van der Waals surface area contributed by atoms with Crippen LogP contribution in [0, 0.1) is 10.1 Å². The molecule has 10 nitrogen and oxygen atoms in total. The fourth-order valence-electron chi connectivity index (χ4n) is 4.32. The van der Waals surface area contributed by atoms with E-state index >= 15 is 0 Å². The van der Waals surface area contributed by atoms with Crippen LogP contribution in [0.15, 0.2) is 60.1 Å². The number of urea groups is 1. The number of rotatable bonds is 7. The van der Waals surface area contributed by atoms with E-state index in [-0.39, 0.29) is 11.7 Å². The van der Waals surface area contributed by atoms with E-state index in [0.29, 0.717) is 37.7 Å². The second-order valence-corrected chi connectivity index (χ2v) is 9.26. The maximum atomic E-state index is 12.9. The molecule has 1 fully saturated rings. The first-order valence-electron chi connectivity index (χ1n) is 11.7. The molecule has 2 aromatic heterocycles. The number of para-hydroxylation sites is 2. The number of nitro groups is 1. The number of carbonyl (C=O) groups is 1. The lowest BCUT2D eigenvalue weighted by Gasteiger charge is -2.34. The second kappa shape index (κ2) is 10.3. The summed E-state index contributed by atoms with van der Waals surface area (Å²) in [5.41, 5.74) is 3.42. The van der Waals surface area contributed by atoms with Gasteiger partial charge in [-0.05, 0) is 31.2 Å². The highest BCUT2D eigenvalue weighted by atomic mass is 32.1. The molecule has 0 bridgehead atoms. The molecule has 186 valence electrons. The lowest BCUT2D eigenvalue weighted by atomic mass is 10.1. The normalized spacial score (nSPS) is 14.2. The summed E-state index contributed by atoms with van der Waals surface area (Å²) < 4.78 is 7.69. The van der Waals surface area contributed by atoms with Gasteiger partial charge in [0.25, 0.3) is 5.69 Å². The number of benzene rings is 2. The standard InChI is InChI=1S/C25H26N6O4S/c1-2-35-22-6-4-3-5-20(22)26-24(32)29-13-11-28(12-14-29)17-21-23(27-25-30(21)15-16-36-25)18-7-9-19(10-8-18)31(33)34/h3-10,15-16H,2,11-14,17H2,1H3,(H,26,32). The van der Waals surface area contributed by atoms with Crippen molar-refractivity contribution in [3.8, 4) is 17.0 Å². The third kappa shape index (κ3) is 4.88. The van der Waals surface area contributed by atoms with Gasteiger partial charge in [-0.3, -0.25) is 19.4 Å². The lowest BCUT2D eigenvalue weighted by Crippen LogP contribution is -2.49. The topological polar surface area (TPSA) is 105 Å². The van der Waals surface area contributed by atoms with Crippen LogP contribution in [0.5, 0.6) is 5.75 Å². The Hall–Kier alpha value is -3.96. The number of hydrogen-bond donors (Lipinski definition) is 1. The molecule has 0 saturated carbocycles. The number of imidazole rings is 1. The number of anilines is 1. The van der Waals surface area contributed by atoms with Gasteiger partial charge in [0, 0.05) is 62.0 Å². The molecule has 1 aliphatic rings. The first-order chi connectivity index (χ1) is 17.5. The molecule has 1 saturated heterocycles. The smallest absolute Gasteiger partial charge is 0.322 e. The molecule has 0 unspecified atom stereocenters. The van der Waals surface area contributed by atoms with Crippen LogP contribution >= 0.6 is 11.3 Å². The zero-order valence-corrected chi connectivity index (χ0v) is 20.6. The van der Waals surface area contributed by atoms with Gasteiger partial charge in [0.15, 0.2) is 4.96 Å². The van der Waals surface area contributed by atoms with Crippen LogP contribution in [-0.2, 0) is 6.54 Å². The van der Waals surface area contributed by atoms with Crippen molar-refractivity contribution >= 4 is 33.7 Å². The minimum absolute atomic E-state index is 0.0552. The zero-order valence-electron chi connectivity index (χ0n) is 19.8. The molecule has 2 amide bonds. The molecule has 0 spiro atoms. The van der Waals surface area contributed by atoms with E-state index in [1.54, 1.807) is 23.5 Å². The molecule has 1 N–H and O–H groups in total. The predicted octanol–water partition coefficient (Wildman–Crippen LogP) is 4.72. The number of hydrogen-bond acceptors (Lipinski definition) is 7. The van der Waals surface area contributed by atoms with E-state index in [2.05, 4.69) is 14.6 Å². The van der Waals surface area contributed by atoms with Crippen molar-refractivity contribution in [2.24, 2.45) is 0 Å². The highest BCUT2D eigenvalue weighted by molar-refractivity contribution is 7.15. The van der Waals surface area contributed by atoms with Crippen molar-refractivity contribution in [1.29, 1.82) is 0 Å². The summed E-state index contributed by atoms with van der Waals surface area (Å²) in [6, 6.07) is 13.8. The number of ether oxygens (including phenoxy) is 1. The van der Waals surface area contributed by atoms with Gasteiger partial charge in [0.05, 0.1) is 28.6 Å². The third-order valence-electron chi connectivity index (χ3n) is 6.17. The number of fused-ring (bicyclic) bond motifs is 1. The Kier molecular flexibility index (Phi) is 6.83. The van der Waals surface area contributed by atoms with Crippen molar-refractivity contribution in [2.75, 3.05) is 38.1 Å². The number of aromatic nitrogens is 2. The molecular weight excluding hydrogens is 480 g/mol.